The molecule has 110 valence electrons. The van der Waals surface area contributed by atoms with Crippen molar-refractivity contribution in [3.63, 3.8) is 0 Å². The first-order chi connectivity index (χ1) is 9.38. The first kappa shape index (κ1) is 15.1. The van der Waals surface area contributed by atoms with Crippen LogP contribution in [0.25, 0.3) is 0 Å². The third-order valence-electron chi connectivity index (χ3n) is 3.75. The van der Waals surface area contributed by atoms with E-state index in [2.05, 4.69) is 5.32 Å². The molecule has 0 atom stereocenters. The Labute approximate surface area is 121 Å². The highest BCUT2D eigenvalue weighted by atomic mass is 35.5. The van der Waals surface area contributed by atoms with Gasteiger partial charge in [-0.1, -0.05) is 11.6 Å². The Morgan fingerprint density at radius 2 is 2.05 bits per heavy atom. The smallest absolute Gasteiger partial charge is 0.306 e. The standard InChI is InChI=1S/C14H17ClFNO3/c15-10-5-11(16)7-12(6-10)17-8-14(20)3-1-9(2-4-14)13(18)19/h5-7,9,17,20H,1-4,8H2,(H,18,19). The van der Waals surface area contributed by atoms with Crippen LogP contribution in [-0.2, 0) is 4.79 Å². The molecule has 0 amide bonds. The lowest BCUT2D eigenvalue weighted by Gasteiger charge is -2.35. The van der Waals surface area contributed by atoms with Crippen molar-refractivity contribution < 1.29 is 19.4 Å². The van der Waals surface area contributed by atoms with E-state index in [1.807, 2.05) is 0 Å². The highest BCUT2D eigenvalue weighted by Crippen LogP contribution is 2.32. The SMILES string of the molecule is O=C(O)C1CCC(O)(CNc2cc(F)cc(Cl)c2)CC1. The van der Waals surface area contributed by atoms with Gasteiger partial charge in [-0.05, 0) is 43.9 Å². The number of aliphatic hydroxyl groups is 1. The van der Waals surface area contributed by atoms with Crippen LogP contribution in [-0.4, -0.2) is 28.3 Å². The predicted octanol–water partition coefficient (Wildman–Crippen LogP) is 2.90. The molecule has 1 aromatic rings. The summed E-state index contributed by atoms with van der Waals surface area (Å²) in [7, 11) is 0. The molecule has 6 heteroatoms. The van der Waals surface area contributed by atoms with Gasteiger partial charge in [0.1, 0.15) is 5.82 Å². The number of carbonyl (C=O) groups is 1. The molecule has 0 heterocycles. The number of anilines is 1. The molecule has 1 aromatic carbocycles. The number of carboxylic acids is 1. The van der Waals surface area contributed by atoms with Gasteiger partial charge in [-0.3, -0.25) is 4.79 Å². The average Bonchev–Trinajstić information content (AvgIpc) is 2.36. The topological polar surface area (TPSA) is 69.6 Å². The third-order valence-corrected chi connectivity index (χ3v) is 3.97. The summed E-state index contributed by atoms with van der Waals surface area (Å²) in [6, 6.07) is 4.09. The first-order valence-corrected chi connectivity index (χ1v) is 6.91. The van der Waals surface area contributed by atoms with E-state index in [1.165, 1.54) is 12.1 Å². The number of nitrogens with one attached hydrogen (secondary N) is 1. The molecule has 0 aliphatic heterocycles. The second-order valence-electron chi connectivity index (χ2n) is 5.35. The van der Waals surface area contributed by atoms with E-state index >= 15 is 0 Å². The van der Waals surface area contributed by atoms with Crippen LogP contribution < -0.4 is 5.32 Å². The van der Waals surface area contributed by atoms with Crippen molar-refractivity contribution in [2.75, 3.05) is 11.9 Å². The Morgan fingerprint density at radius 3 is 2.60 bits per heavy atom. The van der Waals surface area contributed by atoms with Gasteiger partial charge in [0.15, 0.2) is 0 Å². The molecule has 1 aliphatic carbocycles. The quantitative estimate of drug-likeness (QED) is 0.800. The Hall–Kier alpha value is -1.33. The fraction of sp³-hybridized carbons (Fsp3) is 0.500. The summed E-state index contributed by atoms with van der Waals surface area (Å²) in [6.45, 7) is 0.249. The van der Waals surface area contributed by atoms with E-state index in [0.29, 0.717) is 31.4 Å². The van der Waals surface area contributed by atoms with Crippen molar-refractivity contribution in [2.45, 2.75) is 31.3 Å². The molecular formula is C14H17ClFNO3. The maximum atomic E-state index is 13.2. The van der Waals surface area contributed by atoms with Crippen molar-refractivity contribution in [1.82, 2.24) is 0 Å². The molecular weight excluding hydrogens is 285 g/mol. The van der Waals surface area contributed by atoms with Crippen LogP contribution in [0.4, 0.5) is 10.1 Å². The molecule has 0 saturated heterocycles. The van der Waals surface area contributed by atoms with E-state index in [-0.39, 0.29) is 17.5 Å². The van der Waals surface area contributed by atoms with Gasteiger partial charge in [-0.25, -0.2) is 4.39 Å². The van der Waals surface area contributed by atoms with E-state index in [0.717, 1.165) is 0 Å². The zero-order valence-electron chi connectivity index (χ0n) is 10.9. The Kier molecular flexibility index (Phi) is 4.50. The van der Waals surface area contributed by atoms with Gasteiger partial charge in [0, 0.05) is 17.3 Å². The van der Waals surface area contributed by atoms with Crippen LogP contribution in [0.1, 0.15) is 25.7 Å². The Bertz CT molecular complexity index is 481. The molecule has 0 spiro atoms. The Morgan fingerprint density at radius 1 is 1.40 bits per heavy atom. The predicted molar refractivity (Wildman–Crippen MR) is 74.4 cm³/mol. The number of carboxylic acid groups (broad SMARTS) is 1. The van der Waals surface area contributed by atoms with Gasteiger partial charge in [0.05, 0.1) is 11.5 Å². The van der Waals surface area contributed by atoms with Crippen molar-refractivity contribution in [1.29, 1.82) is 0 Å². The Balaban J connectivity index is 1.92. The number of aliphatic carboxylic acids is 1. The molecule has 0 bridgehead atoms. The third kappa shape index (κ3) is 3.84. The summed E-state index contributed by atoms with van der Waals surface area (Å²) < 4.78 is 13.2. The van der Waals surface area contributed by atoms with Crippen molar-refractivity contribution in [2.24, 2.45) is 5.92 Å². The monoisotopic (exact) mass is 301 g/mol. The van der Waals surface area contributed by atoms with Crippen LogP contribution in [0.15, 0.2) is 18.2 Å². The van der Waals surface area contributed by atoms with Gasteiger partial charge in [0.25, 0.3) is 0 Å². The van der Waals surface area contributed by atoms with E-state index in [1.54, 1.807) is 6.07 Å². The number of benzene rings is 1. The minimum Gasteiger partial charge on any atom is -0.481 e. The van der Waals surface area contributed by atoms with Crippen molar-refractivity contribution >= 4 is 23.3 Å². The molecule has 4 nitrogen and oxygen atoms in total. The molecule has 1 fully saturated rings. The van der Waals surface area contributed by atoms with Gasteiger partial charge in [-0.2, -0.15) is 0 Å². The van der Waals surface area contributed by atoms with Crippen LogP contribution in [0.3, 0.4) is 0 Å². The lowest BCUT2D eigenvalue weighted by atomic mass is 9.79. The largest absolute Gasteiger partial charge is 0.481 e. The summed E-state index contributed by atoms with van der Waals surface area (Å²) in [5.41, 5.74) is -0.450. The van der Waals surface area contributed by atoms with E-state index < -0.39 is 17.4 Å². The summed E-state index contributed by atoms with van der Waals surface area (Å²) in [6.07, 6.45) is 1.74. The molecule has 0 radical (unpaired) electrons. The molecule has 1 saturated carbocycles. The molecule has 20 heavy (non-hydrogen) atoms. The summed E-state index contributed by atoms with van der Waals surface area (Å²) in [4.78, 5) is 10.9. The van der Waals surface area contributed by atoms with Crippen LogP contribution in [0.5, 0.6) is 0 Å². The lowest BCUT2D eigenvalue weighted by Crippen LogP contribution is -2.41. The second kappa shape index (κ2) is 5.97. The number of hydrogen-bond donors (Lipinski definition) is 3. The first-order valence-electron chi connectivity index (χ1n) is 6.53. The summed E-state index contributed by atoms with van der Waals surface area (Å²) in [5, 5.41) is 22.6. The molecule has 0 aromatic heterocycles. The van der Waals surface area contributed by atoms with Crippen molar-refractivity contribution in [3.8, 4) is 0 Å². The van der Waals surface area contributed by atoms with Crippen LogP contribution in [0, 0.1) is 11.7 Å². The molecule has 0 unspecified atom stereocenters. The number of rotatable bonds is 4. The lowest BCUT2D eigenvalue weighted by molar-refractivity contribution is -0.144. The fourth-order valence-electron chi connectivity index (χ4n) is 2.50. The molecule has 2 rings (SSSR count). The van der Waals surface area contributed by atoms with Gasteiger partial charge in [0.2, 0.25) is 0 Å². The minimum atomic E-state index is -0.954. The highest BCUT2D eigenvalue weighted by Gasteiger charge is 2.35. The number of hydrogen-bond acceptors (Lipinski definition) is 3. The zero-order valence-corrected chi connectivity index (χ0v) is 11.7. The van der Waals surface area contributed by atoms with E-state index in [9.17, 15) is 14.3 Å². The molecule has 1 aliphatic rings. The normalized spacial score (nSPS) is 26.2. The fourth-order valence-corrected chi connectivity index (χ4v) is 2.72. The van der Waals surface area contributed by atoms with Crippen LogP contribution >= 0.6 is 11.6 Å². The average molecular weight is 302 g/mol. The van der Waals surface area contributed by atoms with Crippen molar-refractivity contribution in [3.05, 3.63) is 29.0 Å². The van der Waals surface area contributed by atoms with Gasteiger partial charge >= 0.3 is 5.97 Å². The van der Waals surface area contributed by atoms with Gasteiger partial charge in [-0.15, -0.1) is 0 Å². The van der Waals surface area contributed by atoms with Crippen LogP contribution in [0.2, 0.25) is 5.02 Å². The summed E-state index contributed by atoms with van der Waals surface area (Å²) >= 11 is 5.75. The maximum absolute atomic E-state index is 13.2. The second-order valence-corrected chi connectivity index (χ2v) is 5.78. The maximum Gasteiger partial charge on any atom is 0.306 e. The van der Waals surface area contributed by atoms with E-state index in [4.69, 9.17) is 16.7 Å². The summed E-state index contributed by atoms with van der Waals surface area (Å²) in [5.74, 6) is -1.63. The minimum absolute atomic E-state index is 0.249. The number of halogens is 2. The zero-order chi connectivity index (χ0) is 14.8. The molecule has 3 N–H and O–H groups in total. The van der Waals surface area contributed by atoms with Gasteiger partial charge < -0.3 is 15.5 Å². The highest BCUT2D eigenvalue weighted by molar-refractivity contribution is 6.30.